The van der Waals surface area contributed by atoms with E-state index in [9.17, 15) is 26.3 Å². The number of nitrogens with zero attached hydrogens (tertiary/aromatic N) is 4. The Kier molecular flexibility index (Phi) is 5.88. The van der Waals surface area contributed by atoms with Gasteiger partial charge in [-0.25, -0.2) is 9.97 Å². The lowest BCUT2D eigenvalue weighted by atomic mass is 10.1. The maximum absolute atomic E-state index is 13.1. The predicted molar refractivity (Wildman–Crippen MR) is 114 cm³/mol. The number of rotatable bonds is 2. The highest BCUT2D eigenvalue weighted by Crippen LogP contribution is 2.37. The smallest absolute Gasteiger partial charge is 0.352 e. The molecule has 5 nitrogen and oxygen atoms in total. The van der Waals surface area contributed by atoms with Gasteiger partial charge < -0.3 is 15.1 Å². The number of nitrogens with one attached hydrogen (secondary N) is 1. The van der Waals surface area contributed by atoms with E-state index in [1.165, 1.54) is 17.7 Å². The first-order chi connectivity index (χ1) is 15.0. The van der Waals surface area contributed by atoms with E-state index in [-0.39, 0.29) is 16.9 Å². The Hall–Kier alpha value is -2.67. The molecule has 0 unspecified atom stereocenters. The Labute approximate surface area is 187 Å². The van der Waals surface area contributed by atoms with Crippen LogP contribution in [0.3, 0.4) is 0 Å². The number of thiophene rings is 1. The van der Waals surface area contributed by atoms with E-state index in [0.29, 0.717) is 38.3 Å². The molecule has 32 heavy (non-hydrogen) atoms. The number of thiocarbonyl (C=S) groups is 1. The van der Waals surface area contributed by atoms with Gasteiger partial charge in [0.2, 0.25) is 0 Å². The topological polar surface area (TPSA) is 44.3 Å². The van der Waals surface area contributed by atoms with Gasteiger partial charge >= 0.3 is 12.4 Å². The number of hydrogen-bond donors (Lipinski definition) is 1. The van der Waals surface area contributed by atoms with E-state index >= 15 is 0 Å². The van der Waals surface area contributed by atoms with Crippen molar-refractivity contribution in [2.75, 3.05) is 36.4 Å². The third-order valence-electron chi connectivity index (χ3n) is 4.95. The Morgan fingerprint density at radius 2 is 1.56 bits per heavy atom. The van der Waals surface area contributed by atoms with Gasteiger partial charge in [-0.2, -0.15) is 26.3 Å². The number of alkyl halides is 6. The molecule has 2 aromatic heterocycles. The first-order valence-corrected chi connectivity index (χ1v) is 10.6. The molecule has 13 heteroatoms. The number of hydrogen-bond acceptors (Lipinski definition) is 5. The summed E-state index contributed by atoms with van der Waals surface area (Å²) in [7, 11) is 0. The van der Waals surface area contributed by atoms with Crippen LogP contribution < -0.4 is 10.2 Å². The van der Waals surface area contributed by atoms with Crippen molar-refractivity contribution in [1.82, 2.24) is 14.9 Å². The highest BCUT2D eigenvalue weighted by Gasteiger charge is 2.37. The minimum atomic E-state index is -4.92. The number of halogens is 6. The Morgan fingerprint density at radius 3 is 2.16 bits per heavy atom. The maximum Gasteiger partial charge on any atom is 0.416 e. The fourth-order valence-corrected chi connectivity index (χ4v) is 4.41. The Balaban J connectivity index is 1.47. The molecule has 1 aromatic carbocycles. The van der Waals surface area contributed by atoms with Crippen molar-refractivity contribution < 1.29 is 26.3 Å². The summed E-state index contributed by atoms with van der Waals surface area (Å²) in [5.41, 5.74) is -3.16. The fourth-order valence-electron chi connectivity index (χ4n) is 3.38. The molecule has 0 bridgehead atoms. The van der Waals surface area contributed by atoms with Gasteiger partial charge in [0.05, 0.1) is 16.5 Å². The van der Waals surface area contributed by atoms with Crippen molar-refractivity contribution in [2.45, 2.75) is 12.4 Å². The molecule has 0 radical (unpaired) electrons. The molecule has 0 amide bonds. The van der Waals surface area contributed by atoms with E-state index < -0.39 is 23.5 Å². The normalized spacial score (nSPS) is 15.3. The van der Waals surface area contributed by atoms with Gasteiger partial charge in [0.25, 0.3) is 0 Å². The monoisotopic (exact) mass is 491 g/mol. The zero-order chi connectivity index (χ0) is 23.1. The minimum absolute atomic E-state index is 0.0560. The summed E-state index contributed by atoms with van der Waals surface area (Å²) in [6.45, 7) is 1.90. The largest absolute Gasteiger partial charge is 0.416 e. The van der Waals surface area contributed by atoms with Crippen LogP contribution in [0.5, 0.6) is 0 Å². The molecule has 1 aliphatic rings. The third-order valence-corrected chi connectivity index (χ3v) is 6.13. The van der Waals surface area contributed by atoms with Crippen molar-refractivity contribution >= 4 is 50.4 Å². The molecule has 3 heterocycles. The molecule has 0 aliphatic carbocycles. The lowest BCUT2D eigenvalue weighted by Gasteiger charge is -2.37. The molecule has 1 fully saturated rings. The van der Waals surface area contributed by atoms with Gasteiger partial charge in [0.1, 0.15) is 17.0 Å². The van der Waals surface area contributed by atoms with Crippen LogP contribution in [0.2, 0.25) is 0 Å². The highest BCUT2D eigenvalue weighted by molar-refractivity contribution is 7.80. The van der Waals surface area contributed by atoms with Crippen molar-refractivity contribution in [3.63, 3.8) is 0 Å². The fraction of sp³-hybridized carbons (Fsp3) is 0.316. The average Bonchev–Trinajstić information content (AvgIpc) is 3.21. The summed E-state index contributed by atoms with van der Waals surface area (Å²) in [6, 6.07) is 3.25. The van der Waals surface area contributed by atoms with Crippen LogP contribution in [0.1, 0.15) is 11.1 Å². The summed E-state index contributed by atoms with van der Waals surface area (Å²) >= 11 is 6.76. The van der Waals surface area contributed by atoms with Crippen molar-refractivity contribution in [2.24, 2.45) is 0 Å². The molecule has 0 spiro atoms. The molecule has 1 saturated heterocycles. The number of piperazine rings is 1. The average molecular weight is 491 g/mol. The molecule has 1 aliphatic heterocycles. The third kappa shape index (κ3) is 4.72. The molecule has 4 rings (SSSR count). The van der Waals surface area contributed by atoms with E-state index in [2.05, 4.69) is 15.3 Å². The zero-order valence-corrected chi connectivity index (χ0v) is 17.8. The first kappa shape index (κ1) is 22.5. The Bertz CT molecular complexity index is 1100. The van der Waals surface area contributed by atoms with Crippen LogP contribution >= 0.6 is 23.6 Å². The lowest BCUT2D eigenvalue weighted by Crippen LogP contribution is -2.50. The molecule has 0 saturated carbocycles. The number of aromatic nitrogens is 2. The number of anilines is 2. The summed E-state index contributed by atoms with van der Waals surface area (Å²) in [4.78, 5) is 13.2. The molecular formula is C19H15F6N5S2. The first-order valence-electron chi connectivity index (χ1n) is 9.31. The van der Waals surface area contributed by atoms with Crippen LogP contribution in [-0.2, 0) is 12.4 Å². The van der Waals surface area contributed by atoms with Gasteiger partial charge in [-0.1, -0.05) is 0 Å². The molecule has 170 valence electrons. The van der Waals surface area contributed by atoms with E-state index in [1.807, 2.05) is 16.3 Å². The maximum atomic E-state index is 13.1. The van der Waals surface area contributed by atoms with E-state index in [0.717, 1.165) is 16.0 Å². The molecule has 0 atom stereocenters. The van der Waals surface area contributed by atoms with Gasteiger partial charge in [0, 0.05) is 31.9 Å². The lowest BCUT2D eigenvalue weighted by molar-refractivity contribution is -0.143. The second-order valence-electron chi connectivity index (χ2n) is 7.04. The quantitative estimate of drug-likeness (QED) is 0.391. The van der Waals surface area contributed by atoms with Crippen molar-refractivity contribution in [3.05, 3.63) is 47.1 Å². The van der Waals surface area contributed by atoms with E-state index in [1.54, 1.807) is 4.90 Å². The second kappa shape index (κ2) is 8.35. The molecule has 3 aromatic rings. The molecule has 1 N–H and O–H groups in total. The van der Waals surface area contributed by atoms with Crippen LogP contribution in [0.25, 0.3) is 10.2 Å². The van der Waals surface area contributed by atoms with Crippen LogP contribution in [-0.4, -0.2) is 46.2 Å². The summed E-state index contributed by atoms with van der Waals surface area (Å²) in [6.07, 6.45) is -8.36. The van der Waals surface area contributed by atoms with Gasteiger partial charge in [0.15, 0.2) is 5.11 Å². The molecular weight excluding hydrogens is 476 g/mol. The van der Waals surface area contributed by atoms with Gasteiger partial charge in [-0.05, 0) is 41.9 Å². The SMILES string of the molecule is FC(F)(F)c1cc(NC(=S)N2CCN(c3ncnc4sccc34)CC2)cc(C(F)(F)F)c1. The Morgan fingerprint density at radius 1 is 0.938 bits per heavy atom. The second-order valence-corrected chi connectivity index (χ2v) is 8.32. The summed E-state index contributed by atoms with van der Waals surface area (Å²) in [5.74, 6) is 0.780. The van der Waals surface area contributed by atoms with Crippen molar-refractivity contribution in [3.8, 4) is 0 Å². The van der Waals surface area contributed by atoms with Crippen LogP contribution in [0.15, 0.2) is 36.0 Å². The summed E-state index contributed by atoms with van der Waals surface area (Å²) in [5, 5.41) is 5.43. The summed E-state index contributed by atoms with van der Waals surface area (Å²) < 4.78 is 78.4. The standard InChI is InChI=1S/C19H15F6N5S2/c20-18(21,22)11-7-12(19(23,24)25)9-13(8-11)28-17(31)30-4-2-29(3-5-30)15-14-1-6-32-16(14)27-10-26-15/h1,6-10H,2-5H2,(H,28,31). The van der Waals surface area contributed by atoms with Crippen molar-refractivity contribution in [1.29, 1.82) is 0 Å². The number of fused-ring (bicyclic) bond motifs is 1. The minimum Gasteiger partial charge on any atom is -0.352 e. The number of benzene rings is 1. The zero-order valence-electron chi connectivity index (χ0n) is 16.2. The van der Waals surface area contributed by atoms with Gasteiger partial charge in [-0.15, -0.1) is 11.3 Å². The van der Waals surface area contributed by atoms with E-state index in [4.69, 9.17) is 12.2 Å². The van der Waals surface area contributed by atoms with Gasteiger partial charge in [-0.3, -0.25) is 0 Å². The highest BCUT2D eigenvalue weighted by atomic mass is 32.1. The van der Waals surface area contributed by atoms with Crippen LogP contribution in [0.4, 0.5) is 37.8 Å². The predicted octanol–water partition coefficient (Wildman–Crippen LogP) is 5.25. The van der Waals surface area contributed by atoms with Crippen LogP contribution in [0, 0.1) is 0 Å².